The topological polar surface area (TPSA) is 21.3 Å². The fourth-order valence-electron chi connectivity index (χ4n) is 2.14. The number of nitrogens with one attached hydrogen (secondary N) is 1. The summed E-state index contributed by atoms with van der Waals surface area (Å²) in [5.74, 6) is -0.712. The first-order valence-electron chi connectivity index (χ1n) is 6.87. The average molecular weight is 291 g/mol. The van der Waals surface area contributed by atoms with Crippen LogP contribution in [0.25, 0.3) is 11.1 Å². The monoisotopic (exact) mass is 291 g/mol. The molecule has 0 aliphatic heterocycles. The van der Waals surface area contributed by atoms with Crippen molar-refractivity contribution >= 4 is 0 Å². The molecule has 2 rings (SSSR count). The zero-order chi connectivity index (χ0) is 15.4. The molecule has 0 aliphatic carbocycles. The number of halogens is 2. The maximum atomic E-state index is 14.4. The van der Waals surface area contributed by atoms with Gasteiger partial charge in [0.25, 0.3) is 0 Å². The standard InChI is InChI=1S/C17H19F2NO/c1-11(2)20-10-12-7-8-13(18)9-15(12)14-5-4-6-16(21-3)17(14)19/h4-9,11,20H,10H2,1-3H3. The fourth-order valence-corrected chi connectivity index (χ4v) is 2.14. The van der Waals surface area contributed by atoms with Crippen LogP contribution in [0.2, 0.25) is 0 Å². The molecule has 0 radical (unpaired) electrons. The highest BCUT2D eigenvalue weighted by atomic mass is 19.1. The van der Waals surface area contributed by atoms with Crippen LogP contribution in [-0.4, -0.2) is 13.2 Å². The van der Waals surface area contributed by atoms with Crippen LogP contribution in [0.3, 0.4) is 0 Å². The van der Waals surface area contributed by atoms with Gasteiger partial charge in [-0.15, -0.1) is 0 Å². The Labute approximate surface area is 123 Å². The van der Waals surface area contributed by atoms with Gasteiger partial charge in [-0.1, -0.05) is 32.0 Å². The van der Waals surface area contributed by atoms with Crippen molar-refractivity contribution in [3.63, 3.8) is 0 Å². The molecule has 0 amide bonds. The first kappa shape index (κ1) is 15.4. The number of ether oxygens (including phenoxy) is 1. The molecule has 0 saturated heterocycles. The highest BCUT2D eigenvalue weighted by Gasteiger charge is 2.14. The molecule has 0 fully saturated rings. The van der Waals surface area contributed by atoms with Crippen molar-refractivity contribution in [3.8, 4) is 16.9 Å². The third-order valence-electron chi connectivity index (χ3n) is 3.25. The Morgan fingerprint density at radius 1 is 1.10 bits per heavy atom. The van der Waals surface area contributed by atoms with E-state index in [1.807, 2.05) is 13.8 Å². The van der Waals surface area contributed by atoms with Crippen molar-refractivity contribution < 1.29 is 13.5 Å². The second kappa shape index (κ2) is 6.68. The predicted molar refractivity (Wildman–Crippen MR) is 80.3 cm³/mol. The normalized spacial score (nSPS) is 11.0. The van der Waals surface area contributed by atoms with Crippen molar-refractivity contribution in [1.29, 1.82) is 0 Å². The van der Waals surface area contributed by atoms with Crippen LogP contribution in [0.15, 0.2) is 36.4 Å². The summed E-state index contributed by atoms with van der Waals surface area (Å²) in [4.78, 5) is 0. The zero-order valence-electron chi connectivity index (χ0n) is 12.4. The van der Waals surface area contributed by atoms with Crippen molar-refractivity contribution in [1.82, 2.24) is 5.32 Å². The molecule has 0 aromatic heterocycles. The van der Waals surface area contributed by atoms with Crippen molar-refractivity contribution in [2.75, 3.05) is 7.11 Å². The van der Waals surface area contributed by atoms with Crippen LogP contribution >= 0.6 is 0 Å². The van der Waals surface area contributed by atoms with E-state index in [9.17, 15) is 8.78 Å². The molecule has 2 aromatic rings. The second-order valence-electron chi connectivity index (χ2n) is 5.16. The molecule has 112 valence electrons. The molecule has 0 unspecified atom stereocenters. The lowest BCUT2D eigenvalue weighted by molar-refractivity contribution is 0.387. The molecule has 1 N–H and O–H groups in total. The Morgan fingerprint density at radius 3 is 2.52 bits per heavy atom. The lowest BCUT2D eigenvalue weighted by Crippen LogP contribution is -2.22. The third kappa shape index (κ3) is 3.58. The highest BCUT2D eigenvalue weighted by Crippen LogP contribution is 2.31. The molecule has 2 aromatic carbocycles. The minimum absolute atomic E-state index is 0.152. The van der Waals surface area contributed by atoms with E-state index >= 15 is 0 Å². The smallest absolute Gasteiger partial charge is 0.172 e. The van der Waals surface area contributed by atoms with Crippen molar-refractivity contribution in [2.45, 2.75) is 26.4 Å². The predicted octanol–water partition coefficient (Wildman–Crippen LogP) is 4.14. The van der Waals surface area contributed by atoms with E-state index in [-0.39, 0.29) is 17.6 Å². The Balaban J connectivity index is 2.49. The average Bonchev–Trinajstić information content (AvgIpc) is 2.46. The third-order valence-corrected chi connectivity index (χ3v) is 3.25. The van der Waals surface area contributed by atoms with E-state index in [4.69, 9.17) is 4.74 Å². The summed E-state index contributed by atoms with van der Waals surface area (Å²) in [7, 11) is 1.41. The SMILES string of the molecule is COc1cccc(-c2cc(F)ccc2CNC(C)C)c1F. The number of benzene rings is 2. The Kier molecular flexibility index (Phi) is 4.91. The molecule has 0 spiro atoms. The van der Waals surface area contributed by atoms with Gasteiger partial charge in [-0.2, -0.15) is 0 Å². The van der Waals surface area contributed by atoms with Gasteiger partial charge < -0.3 is 10.1 Å². The van der Waals surface area contributed by atoms with Gasteiger partial charge in [-0.3, -0.25) is 0 Å². The summed E-state index contributed by atoms with van der Waals surface area (Å²) < 4.78 is 33.0. The van der Waals surface area contributed by atoms with E-state index in [0.717, 1.165) is 5.56 Å². The fraction of sp³-hybridized carbons (Fsp3) is 0.294. The lowest BCUT2D eigenvalue weighted by Gasteiger charge is -2.14. The molecule has 0 aliphatic rings. The van der Waals surface area contributed by atoms with Crippen LogP contribution < -0.4 is 10.1 Å². The number of methoxy groups -OCH3 is 1. The van der Waals surface area contributed by atoms with Crippen LogP contribution in [0.5, 0.6) is 5.75 Å². The first-order chi connectivity index (χ1) is 10.0. The van der Waals surface area contributed by atoms with Gasteiger partial charge in [0.05, 0.1) is 7.11 Å². The molecule has 0 bridgehead atoms. The zero-order valence-corrected chi connectivity index (χ0v) is 12.4. The summed E-state index contributed by atoms with van der Waals surface area (Å²) >= 11 is 0. The Bertz CT molecular complexity index is 626. The molecule has 4 heteroatoms. The van der Waals surface area contributed by atoms with Gasteiger partial charge >= 0.3 is 0 Å². The van der Waals surface area contributed by atoms with E-state index in [1.165, 1.54) is 19.2 Å². The maximum absolute atomic E-state index is 14.4. The molecular formula is C17H19F2NO. The molecule has 2 nitrogen and oxygen atoms in total. The van der Waals surface area contributed by atoms with Gasteiger partial charge in [0.2, 0.25) is 0 Å². The first-order valence-corrected chi connectivity index (χ1v) is 6.87. The van der Waals surface area contributed by atoms with Crippen LogP contribution in [-0.2, 0) is 6.54 Å². The minimum atomic E-state index is -0.476. The van der Waals surface area contributed by atoms with E-state index in [0.29, 0.717) is 17.7 Å². The van der Waals surface area contributed by atoms with E-state index in [1.54, 1.807) is 24.3 Å². The van der Waals surface area contributed by atoms with E-state index in [2.05, 4.69) is 5.32 Å². The Hall–Kier alpha value is -1.94. The molecule has 0 heterocycles. The molecular weight excluding hydrogens is 272 g/mol. The largest absolute Gasteiger partial charge is 0.494 e. The van der Waals surface area contributed by atoms with Crippen LogP contribution in [0.1, 0.15) is 19.4 Å². The number of hydrogen-bond donors (Lipinski definition) is 1. The van der Waals surface area contributed by atoms with Crippen LogP contribution in [0.4, 0.5) is 8.78 Å². The van der Waals surface area contributed by atoms with Gasteiger partial charge in [0, 0.05) is 18.2 Å². The molecule has 0 atom stereocenters. The quantitative estimate of drug-likeness (QED) is 0.894. The summed E-state index contributed by atoms with van der Waals surface area (Å²) in [6, 6.07) is 9.59. The minimum Gasteiger partial charge on any atom is -0.494 e. The second-order valence-corrected chi connectivity index (χ2v) is 5.16. The maximum Gasteiger partial charge on any atom is 0.172 e. The van der Waals surface area contributed by atoms with Crippen LogP contribution in [0, 0.1) is 11.6 Å². The van der Waals surface area contributed by atoms with E-state index < -0.39 is 5.82 Å². The van der Waals surface area contributed by atoms with Gasteiger partial charge in [-0.25, -0.2) is 8.78 Å². The summed E-state index contributed by atoms with van der Waals surface area (Å²) in [6.45, 7) is 4.59. The highest BCUT2D eigenvalue weighted by molar-refractivity contribution is 5.69. The van der Waals surface area contributed by atoms with Gasteiger partial charge in [0.1, 0.15) is 5.82 Å². The summed E-state index contributed by atoms with van der Waals surface area (Å²) in [5, 5.41) is 3.26. The molecule has 0 saturated carbocycles. The number of rotatable bonds is 5. The van der Waals surface area contributed by atoms with Gasteiger partial charge in [0.15, 0.2) is 11.6 Å². The number of hydrogen-bond acceptors (Lipinski definition) is 2. The van der Waals surface area contributed by atoms with Gasteiger partial charge in [-0.05, 0) is 29.3 Å². The molecule has 21 heavy (non-hydrogen) atoms. The van der Waals surface area contributed by atoms with Crippen molar-refractivity contribution in [2.24, 2.45) is 0 Å². The summed E-state index contributed by atoms with van der Waals surface area (Å²) in [5.41, 5.74) is 1.73. The Morgan fingerprint density at radius 2 is 1.86 bits per heavy atom. The van der Waals surface area contributed by atoms with Crippen molar-refractivity contribution in [3.05, 3.63) is 53.6 Å². The summed E-state index contributed by atoms with van der Waals surface area (Å²) in [6.07, 6.45) is 0. The lowest BCUT2D eigenvalue weighted by atomic mass is 9.98.